The first-order valence-corrected chi connectivity index (χ1v) is 6.25. The molecule has 2 N–H and O–H groups in total. The number of carbonyl (C=O) groups excluding carboxylic acids is 1. The molecule has 0 aliphatic carbocycles. The van der Waals surface area contributed by atoms with Gasteiger partial charge in [-0.25, -0.2) is 9.59 Å². The summed E-state index contributed by atoms with van der Waals surface area (Å²) in [4.78, 5) is 22.5. The van der Waals surface area contributed by atoms with Crippen LogP contribution >= 0.6 is 0 Å². The number of unbranched alkanes of at least 4 members (excludes halogenated alkanes) is 1. The van der Waals surface area contributed by atoms with Crippen LogP contribution in [0.4, 0.5) is 4.79 Å². The van der Waals surface area contributed by atoms with Crippen LogP contribution in [0.5, 0.6) is 0 Å². The van der Waals surface area contributed by atoms with Gasteiger partial charge in [0.2, 0.25) is 0 Å². The number of carboxylic acids is 1. The van der Waals surface area contributed by atoms with E-state index in [2.05, 4.69) is 5.32 Å². The fourth-order valence-electron chi connectivity index (χ4n) is 1.50. The number of nitrogens with one attached hydrogen (secondary N) is 1. The van der Waals surface area contributed by atoms with Crippen LogP contribution in [0.2, 0.25) is 0 Å². The number of carbonyl (C=O) groups is 2. The summed E-state index contributed by atoms with van der Waals surface area (Å²) in [5.41, 5.74) is 0.565. The Bertz CT molecular complexity index is 321. The molecule has 1 amide bonds. The molecule has 0 saturated heterocycles. The van der Waals surface area contributed by atoms with Gasteiger partial charge in [0, 0.05) is 0 Å². The zero-order chi connectivity index (χ0) is 14.1. The Morgan fingerprint density at radius 3 is 2.39 bits per heavy atom. The number of allylic oxidation sites excluding steroid dienone is 1. The molecule has 0 aliphatic rings. The third kappa shape index (κ3) is 6.93. The molecule has 0 heterocycles. The Morgan fingerprint density at radius 1 is 1.33 bits per heavy atom. The summed E-state index contributed by atoms with van der Waals surface area (Å²) < 4.78 is 4.87. The number of carboxylic acid groups (broad SMARTS) is 1. The Kier molecular flexibility index (Phi) is 7.83. The molecule has 0 aromatic heterocycles. The molecule has 0 bridgehead atoms. The van der Waals surface area contributed by atoms with E-state index < -0.39 is 12.1 Å². The smallest absolute Gasteiger partial charge is 0.411 e. The molecule has 5 nitrogen and oxygen atoms in total. The standard InChI is InChI=1S/C13H23NO4/c1-5-6-7-18-13(17)14-11(12(15)16)10(4)8-9(2)3/h9H,5-8H2,1-4H3,(H,14,17)(H,15,16). The van der Waals surface area contributed by atoms with Crippen LogP contribution in [-0.2, 0) is 9.53 Å². The first-order chi connectivity index (χ1) is 8.38. The molecule has 0 radical (unpaired) electrons. The predicted octanol–water partition coefficient (Wildman–Crippen LogP) is 2.92. The largest absolute Gasteiger partial charge is 0.477 e. The average molecular weight is 257 g/mol. The topological polar surface area (TPSA) is 75.6 Å². The maximum absolute atomic E-state index is 11.4. The van der Waals surface area contributed by atoms with E-state index in [0.717, 1.165) is 12.8 Å². The molecular formula is C13H23NO4. The van der Waals surface area contributed by atoms with Gasteiger partial charge in [0.15, 0.2) is 0 Å². The summed E-state index contributed by atoms with van der Waals surface area (Å²) >= 11 is 0. The number of amides is 1. The second-order valence-corrected chi connectivity index (χ2v) is 4.67. The monoisotopic (exact) mass is 257 g/mol. The molecule has 104 valence electrons. The summed E-state index contributed by atoms with van der Waals surface area (Å²) in [5.74, 6) is -0.808. The molecule has 0 atom stereocenters. The lowest BCUT2D eigenvalue weighted by molar-refractivity contribution is -0.133. The lowest BCUT2D eigenvalue weighted by atomic mass is 10.0. The van der Waals surface area contributed by atoms with Crippen molar-refractivity contribution in [2.24, 2.45) is 5.92 Å². The van der Waals surface area contributed by atoms with Gasteiger partial charge >= 0.3 is 12.1 Å². The molecule has 5 heteroatoms. The molecule has 0 rings (SSSR count). The SMILES string of the molecule is CCCCOC(=O)NC(C(=O)O)=C(C)CC(C)C. The molecule has 0 aliphatic heterocycles. The summed E-state index contributed by atoms with van der Waals surface area (Å²) in [6.07, 6.45) is 1.60. The number of aliphatic carboxylic acids is 1. The minimum Gasteiger partial charge on any atom is -0.477 e. The van der Waals surface area contributed by atoms with Crippen molar-refractivity contribution in [3.05, 3.63) is 11.3 Å². The van der Waals surface area contributed by atoms with Gasteiger partial charge in [-0.15, -0.1) is 0 Å². The van der Waals surface area contributed by atoms with E-state index in [4.69, 9.17) is 9.84 Å². The van der Waals surface area contributed by atoms with E-state index in [-0.39, 0.29) is 5.70 Å². The van der Waals surface area contributed by atoms with Gasteiger partial charge in [-0.1, -0.05) is 27.2 Å². The molecule has 0 fully saturated rings. The quantitative estimate of drug-likeness (QED) is 0.543. The van der Waals surface area contributed by atoms with E-state index >= 15 is 0 Å². The van der Waals surface area contributed by atoms with Crippen molar-refractivity contribution in [3.8, 4) is 0 Å². The second-order valence-electron chi connectivity index (χ2n) is 4.67. The highest BCUT2D eigenvalue weighted by molar-refractivity contribution is 5.91. The van der Waals surface area contributed by atoms with Crippen molar-refractivity contribution in [2.45, 2.75) is 47.0 Å². The van der Waals surface area contributed by atoms with E-state index in [9.17, 15) is 9.59 Å². The summed E-state index contributed by atoms with van der Waals surface area (Å²) in [5, 5.41) is 11.3. The number of hydrogen-bond donors (Lipinski definition) is 2. The van der Waals surface area contributed by atoms with Crippen molar-refractivity contribution in [2.75, 3.05) is 6.61 Å². The normalized spacial score (nSPS) is 12.1. The molecule has 0 aromatic carbocycles. The van der Waals surface area contributed by atoms with E-state index in [1.54, 1.807) is 6.92 Å². The highest BCUT2D eigenvalue weighted by Crippen LogP contribution is 2.13. The minimum absolute atomic E-state index is 0.0785. The van der Waals surface area contributed by atoms with Crippen LogP contribution in [0.15, 0.2) is 11.3 Å². The third-order valence-corrected chi connectivity index (χ3v) is 2.31. The van der Waals surface area contributed by atoms with Gasteiger partial charge in [-0.05, 0) is 31.3 Å². The summed E-state index contributed by atoms with van der Waals surface area (Å²) in [6, 6.07) is 0. The first kappa shape index (κ1) is 16.5. The first-order valence-electron chi connectivity index (χ1n) is 6.25. The minimum atomic E-state index is -1.14. The van der Waals surface area contributed by atoms with Crippen molar-refractivity contribution in [3.63, 3.8) is 0 Å². The van der Waals surface area contributed by atoms with Gasteiger partial charge in [0.1, 0.15) is 5.70 Å². The zero-order valence-electron chi connectivity index (χ0n) is 11.6. The van der Waals surface area contributed by atoms with E-state index in [1.165, 1.54) is 0 Å². The highest BCUT2D eigenvalue weighted by atomic mass is 16.5. The fraction of sp³-hybridized carbons (Fsp3) is 0.692. The van der Waals surface area contributed by atoms with Crippen molar-refractivity contribution >= 4 is 12.1 Å². The lowest BCUT2D eigenvalue weighted by Gasteiger charge is -2.12. The molecule has 0 aromatic rings. The number of alkyl carbamates (subject to hydrolysis) is 1. The Hall–Kier alpha value is -1.52. The zero-order valence-corrected chi connectivity index (χ0v) is 11.6. The average Bonchev–Trinajstić information content (AvgIpc) is 2.24. The van der Waals surface area contributed by atoms with Crippen LogP contribution in [0, 0.1) is 5.92 Å². The van der Waals surface area contributed by atoms with Gasteiger partial charge in [0.25, 0.3) is 0 Å². The van der Waals surface area contributed by atoms with Crippen LogP contribution in [0.3, 0.4) is 0 Å². The van der Waals surface area contributed by atoms with Crippen LogP contribution in [0.1, 0.15) is 47.0 Å². The van der Waals surface area contributed by atoms with Gasteiger partial charge in [0.05, 0.1) is 6.61 Å². The second kappa shape index (κ2) is 8.55. The maximum Gasteiger partial charge on any atom is 0.411 e. The Balaban J connectivity index is 4.53. The molecule has 0 spiro atoms. The number of rotatable bonds is 7. The number of hydrogen-bond acceptors (Lipinski definition) is 3. The van der Waals surface area contributed by atoms with Crippen LogP contribution in [0.25, 0.3) is 0 Å². The van der Waals surface area contributed by atoms with Crippen molar-refractivity contribution in [1.82, 2.24) is 5.32 Å². The molecule has 0 unspecified atom stereocenters. The summed E-state index contributed by atoms with van der Waals surface area (Å²) in [7, 11) is 0. The van der Waals surface area contributed by atoms with Crippen LogP contribution in [-0.4, -0.2) is 23.8 Å². The Morgan fingerprint density at radius 2 is 1.94 bits per heavy atom. The maximum atomic E-state index is 11.4. The van der Waals surface area contributed by atoms with E-state index in [1.807, 2.05) is 20.8 Å². The van der Waals surface area contributed by atoms with E-state index in [0.29, 0.717) is 24.5 Å². The lowest BCUT2D eigenvalue weighted by Crippen LogP contribution is -2.29. The number of ether oxygens (including phenoxy) is 1. The summed E-state index contributed by atoms with van der Waals surface area (Å²) in [6.45, 7) is 7.97. The predicted molar refractivity (Wildman–Crippen MR) is 69.2 cm³/mol. The third-order valence-electron chi connectivity index (χ3n) is 2.31. The van der Waals surface area contributed by atoms with Crippen molar-refractivity contribution in [1.29, 1.82) is 0 Å². The van der Waals surface area contributed by atoms with Gasteiger partial charge in [-0.3, -0.25) is 5.32 Å². The molecular weight excluding hydrogens is 234 g/mol. The van der Waals surface area contributed by atoms with Crippen molar-refractivity contribution < 1.29 is 19.4 Å². The van der Waals surface area contributed by atoms with Gasteiger partial charge in [-0.2, -0.15) is 0 Å². The van der Waals surface area contributed by atoms with Crippen LogP contribution < -0.4 is 5.32 Å². The molecule has 0 saturated carbocycles. The Labute approximate surface area is 108 Å². The highest BCUT2D eigenvalue weighted by Gasteiger charge is 2.16. The van der Waals surface area contributed by atoms with Gasteiger partial charge < -0.3 is 9.84 Å². The molecule has 18 heavy (non-hydrogen) atoms. The fourth-order valence-corrected chi connectivity index (χ4v) is 1.50.